The molecule has 0 saturated heterocycles. The third kappa shape index (κ3) is 1.90. The van der Waals surface area contributed by atoms with Gasteiger partial charge in [-0.2, -0.15) is 0 Å². The fourth-order valence-corrected chi connectivity index (χ4v) is 2.24. The van der Waals surface area contributed by atoms with Gasteiger partial charge in [-0.1, -0.05) is 6.07 Å². The van der Waals surface area contributed by atoms with E-state index in [-0.39, 0.29) is 5.92 Å². The van der Waals surface area contributed by atoms with Gasteiger partial charge in [-0.3, -0.25) is 4.98 Å². The van der Waals surface area contributed by atoms with E-state index in [2.05, 4.69) is 4.98 Å². The molecule has 0 fully saturated rings. The number of aliphatic hydroxyl groups excluding tert-OH is 1. The SMILES string of the molecule is CC(C)(O)C(O)C1CCc2cccnc21. The standard InChI is InChI=1S/C12H17NO2/c1-12(2,15)11(14)9-6-5-8-4-3-7-13-10(8)9/h3-4,7,9,11,14-15H,5-6H2,1-2H3. The molecule has 3 nitrogen and oxygen atoms in total. The Morgan fingerprint density at radius 2 is 2.27 bits per heavy atom. The number of aromatic nitrogens is 1. The predicted octanol–water partition coefficient (Wildman–Crippen LogP) is 1.24. The highest BCUT2D eigenvalue weighted by atomic mass is 16.3. The Hall–Kier alpha value is -0.930. The van der Waals surface area contributed by atoms with Crippen LogP contribution in [0.15, 0.2) is 18.3 Å². The average Bonchev–Trinajstić information content (AvgIpc) is 2.58. The lowest BCUT2D eigenvalue weighted by Crippen LogP contribution is -2.40. The Balaban J connectivity index is 2.28. The van der Waals surface area contributed by atoms with Crippen molar-refractivity contribution in [3.63, 3.8) is 0 Å². The molecule has 1 aliphatic rings. The first kappa shape index (κ1) is 10.6. The van der Waals surface area contributed by atoms with Crippen LogP contribution in [0.3, 0.4) is 0 Å². The molecular formula is C12H17NO2. The maximum Gasteiger partial charge on any atom is 0.0905 e. The highest BCUT2D eigenvalue weighted by Gasteiger charge is 2.37. The van der Waals surface area contributed by atoms with Crippen LogP contribution in [0.5, 0.6) is 0 Å². The van der Waals surface area contributed by atoms with Gasteiger partial charge < -0.3 is 10.2 Å². The highest BCUT2D eigenvalue weighted by Crippen LogP contribution is 2.36. The molecule has 0 spiro atoms. The van der Waals surface area contributed by atoms with Crippen LogP contribution in [0.1, 0.15) is 37.4 Å². The summed E-state index contributed by atoms with van der Waals surface area (Å²) in [7, 11) is 0. The number of hydrogen-bond acceptors (Lipinski definition) is 3. The zero-order valence-corrected chi connectivity index (χ0v) is 9.14. The normalized spacial score (nSPS) is 22.5. The van der Waals surface area contributed by atoms with Gasteiger partial charge in [0.1, 0.15) is 0 Å². The van der Waals surface area contributed by atoms with Crippen LogP contribution in [0.2, 0.25) is 0 Å². The maximum absolute atomic E-state index is 10.0. The van der Waals surface area contributed by atoms with Crippen molar-refractivity contribution in [2.24, 2.45) is 0 Å². The Labute approximate surface area is 89.8 Å². The molecule has 0 aliphatic heterocycles. The first-order valence-corrected chi connectivity index (χ1v) is 5.34. The molecule has 2 unspecified atom stereocenters. The van der Waals surface area contributed by atoms with Crippen LogP contribution in [-0.4, -0.2) is 26.9 Å². The minimum absolute atomic E-state index is 0.0267. The van der Waals surface area contributed by atoms with E-state index in [0.717, 1.165) is 18.5 Å². The first-order valence-electron chi connectivity index (χ1n) is 5.34. The molecular weight excluding hydrogens is 190 g/mol. The van der Waals surface area contributed by atoms with Crippen molar-refractivity contribution in [1.29, 1.82) is 0 Å². The van der Waals surface area contributed by atoms with Gasteiger partial charge in [-0.25, -0.2) is 0 Å². The average molecular weight is 207 g/mol. The van der Waals surface area contributed by atoms with Crippen molar-refractivity contribution < 1.29 is 10.2 Å². The van der Waals surface area contributed by atoms with E-state index in [1.165, 1.54) is 5.56 Å². The second-order valence-corrected chi connectivity index (χ2v) is 4.79. The number of nitrogens with zero attached hydrogens (tertiary/aromatic N) is 1. The molecule has 2 N–H and O–H groups in total. The van der Waals surface area contributed by atoms with Crippen LogP contribution in [0.4, 0.5) is 0 Å². The van der Waals surface area contributed by atoms with E-state index < -0.39 is 11.7 Å². The third-order valence-electron chi connectivity index (χ3n) is 3.11. The smallest absolute Gasteiger partial charge is 0.0905 e. The van der Waals surface area contributed by atoms with Gasteiger partial charge in [0, 0.05) is 17.8 Å². The quantitative estimate of drug-likeness (QED) is 0.767. The topological polar surface area (TPSA) is 53.4 Å². The van der Waals surface area contributed by atoms with Gasteiger partial charge in [0.25, 0.3) is 0 Å². The molecule has 0 amide bonds. The van der Waals surface area contributed by atoms with Gasteiger partial charge in [0.05, 0.1) is 11.7 Å². The molecule has 2 rings (SSSR count). The van der Waals surface area contributed by atoms with Crippen LogP contribution in [-0.2, 0) is 6.42 Å². The van der Waals surface area contributed by atoms with Gasteiger partial charge in [0.15, 0.2) is 0 Å². The number of rotatable bonds is 2. The summed E-state index contributed by atoms with van der Waals surface area (Å²) >= 11 is 0. The summed E-state index contributed by atoms with van der Waals surface area (Å²) in [4.78, 5) is 4.30. The lowest BCUT2D eigenvalue weighted by atomic mass is 9.88. The molecule has 0 radical (unpaired) electrons. The molecule has 1 heterocycles. The molecule has 0 bridgehead atoms. The van der Waals surface area contributed by atoms with Crippen LogP contribution in [0.25, 0.3) is 0 Å². The summed E-state index contributed by atoms with van der Waals surface area (Å²) in [6, 6.07) is 3.96. The number of aliphatic hydroxyl groups is 2. The number of aryl methyl sites for hydroxylation is 1. The molecule has 1 aromatic rings. The monoisotopic (exact) mass is 207 g/mol. The molecule has 82 valence electrons. The largest absolute Gasteiger partial charge is 0.389 e. The maximum atomic E-state index is 10.0. The predicted molar refractivity (Wildman–Crippen MR) is 57.6 cm³/mol. The zero-order chi connectivity index (χ0) is 11.1. The highest BCUT2D eigenvalue weighted by molar-refractivity contribution is 5.30. The Morgan fingerprint density at radius 3 is 2.93 bits per heavy atom. The lowest BCUT2D eigenvalue weighted by molar-refractivity contribution is -0.0612. The summed E-state index contributed by atoms with van der Waals surface area (Å²) in [5.74, 6) is -0.0267. The second-order valence-electron chi connectivity index (χ2n) is 4.79. The summed E-state index contributed by atoms with van der Waals surface area (Å²) in [6.45, 7) is 3.28. The van der Waals surface area contributed by atoms with Crippen molar-refractivity contribution in [2.45, 2.75) is 44.3 Å². The Bertz CT molecular complexity index is 357. The molecule has 0 aromatic carbocycles. The van der Waals surface area contributed by atoms with E-state index in [1.54, 1.807) is 20.0 Å². The zero-order valence-electron chi connectivity index (χ0n) is 9.14. The first-order chi connectivity index (χ1) is 7.00. The van der Waals surface area contributed by atoms with Crippen molar-refractivity contribution in [3.05, 3.63) is 29.6 Å². The molecule has 1 aliphatic carbocycles. The molecule has 1 aromatic heterocycles. The van der Waals surface area contributed by atoms with Gasteiger partial charge >= 0.3 is 0 Å². The number of pyridine rings is 1. The minimum atomic E-state index is -1.07. The number of fused-ring (bicyclic) bond motifs is 1. The number of hydrogen-bond donors (Lipinski definition) is 2. The van der Waals surface area contributed by atoms with Gasteiger partial charge in [0.2, 0.25) is 0 Å². The fraction of sp³-hybridized carbons (Fsp3) is 0.583. The van der Waals surface area contributed by atoms with Crippen molar-refractivity contribution >= 4 is 0 Å². The van der Waals surface area contributed by atoms with E-state index in [4.69, 9.17) is 0 Å². The van der Waals surface area contributed by atoms with Gasteiger partial charge in [-0.15, -0.1) is 0 Å². The summed E-state index contributed by atoms with van der Waals surface area (Å²) in [5, 5.41) is 19.8. The van der Waals surface area contributed by atoms with E-state index in [1.807, 2.05) is 12.1 Å². The molecule has 15 heavy (non-hydrogen) atoms. The van der Waals surface area contributed by atoms with Crippen LogP contribution < -0.4 is 0 Å². The lowest BCUT2D eigenvalue weighted by Gasteiger charge is -2.29. The fourth-order valence-electron chi connectivity index (χ4n) is 2.24. The van der Waals surface area contributed by atoms with Crippen molar-refractivity contribution in [3.8, 4) is 0 Å². The van der Waals surface area contributed by atoms with Gasteiger partial charge in [-0.05, 0) is 38.3 Å². The summed E-state index contributed by atoms with van der Waals surface area (Å²) in [5.41, 5.74) is 1.09. The minimum Gasteiger partial charge on any atom is -0.389 e. The molecule has 2 atom stereocenters. The summed E-state index contributed by atoms with van der Waals surface area (Å²) < 4.78 is 0. The van der Waals surface area contributed by atoms with Crippen LogP contribution >= 0.6 is 0 Å². The summed E-state index contributed by atoms with van der Waals surface area (Å²) in [6.07, 6.45) is 2.82. The third-order valence-corrected chi connectivity index (χ3v) is 3.11. The van der Waals surface area contributed by atoms with Crippen molar-refractivity contribution in [2.75, 3.05) is 0 Å². The van der Waals surface area contributed by atoms with E-state index in [0.29, 0.717) is 0 Å². The van der Waals surface area contributed by atoms with Crippen LogP contribution in [0, 0.1) is 0 Å². The second kappa shape index (κ2) is 3.58. The molecule has 3 heteroatoms. The molecule has 0 saturated carbocycles. The Morgan fingerprint density at radius 1 is 1.53 bits per heavy atom. The van der Waals surface area contributed by atoms with E-state index >= 15 is 0 Å². The van der Waals surface area contributed by atoms with Crippen molar-refractivity contribution in [1.82, 2.24) is 4.98 Å². The Kier molecular flexibility index (Phi) is 2.52. The van der Waals surface area contributed by atoms with E-state index in [9.17, 15) is 10.2 Å².